The minimum absolute atomic E-state index is 1.07. The summed E-state index contributed by atoms with van der Waals surface area (Å²) in [7, 11) is 0. The molecule has 0 bridgehead atoms. The van der Waals surface area contributed by atoms with E-state index in [0.717, 1.165) is 22.6 Å². The van der Waals surface area contributed by atoms with Crippen LogP contribution in [0.2, 0.25) is 0 Å². The predicted octanol–water partition coefficient (Wildman–Crippen LogP) is 11.4. The van der Waals surface area contributed by atoms with Gasteiger partial charge in [0.1, 0.15) is 0 Å². The van der Waals surface area contributed by atoms with E-state index in [4.69, 9.17) is 4.98 Å². The zero-order chi connectivity index (χ0) is 27.9. The van der Waals surface area contributed by atoms with Crippen LogP contribution in [-0.4, -0.2) is 4.98 Å². The molecule has 0 amide bonds. The maximum Gasteiger partial charge on any atom is 0.0795 e. The number of fused-ring (bicyclic) bond motifs is 5. The average molecular weight is 555 g/mol. The maximum absolute atomic E-state index is 4.76. The number of thiophene rings is 1. The summed E-state index contributed by atoms with van der Waals surface area (Å²) in [5.41, 5.74) is 9.23. The molecule has 198 valence electrons. The fourth-order valence-corrected chi connectivity index (χ4v) is 7.03. The summed E-state index contributed by atoms with van der Waals surface area (Å²) >= 11 is 1.83. The predicted molar refractivity (Wildman–Crippen MR) is 180 cm³/mol. The molecule has 0 saturated heterocycles. The molecular weight excluding hydrogens is 529 g/mol. The fraction of sp³-hybridized carbons (Fsp3) is 0. The van der Waals surface area contributed by atoms with Crippen LogP contribution in [0.1, 0.15) is 0 Å². The first-order valence-electron chi connectivity index (χ1n) is 14.1. The van der Waals surface area contributed by atoms with E-state index >= 15 is 0 Å². The van der Waals surface area contributed by atoms with Gasteiger partial charge in [0.2, 0.25) is 0 Å². The Morgan fingerprint density at radius 3 is 1.74 bits per heavy atom. The van der Waals surface area contributed by atoms with Crippen LogP contribution in [0.15, 0.2) is 158 Å². The number of hydrogen-bond donors (Lipinski definition) is 0. The second kappa shape index (κ2) is 10.3. The van der Waals surface area contributed by atoms with Crippen molar-refractivity contribution in [2.24, 2.45) is 0 Å². The standard InChI is InChI=1S/C39H26N2S/c1-3-10-27(11-4-1)30-14-7-17-32(24-30)41(33-18-8-15-31(25-33)28-12-5-2-6-13-28)34-20-21-35-37(26-34)42-36-22-19-29-16-9-23-40-39(29)38(35)36/h1-26H. The van der Waals surface area contributed by atoms with Crippen LogP contribution in [0.3, 0.4) is 0 Å². The van der Waals surface area contributed by atoms with E-state index in [1.54, 1.807) is 0 Å². The Morgan fingerprint density at radius 2 is 1.07 bits per heavy atom. The summed E-state index contributed by atoms with van der Waals surface area (Å²) in [4.78, 5) is 7.13. The highest BCUT2D eigenvalue weighted by atomic mass is 32.1. The lowest BCUT2D eigenvalue weighted by molar-refractivity contribution is 1.29. The van der Waals surface area contributed by atoms with Crippen LogP contribution in [0.25, 0.3) is 53.3 Å². The number of aromatic nitrogens is 1. The molecule has 0 aliphatic heterocycles. The number of rotatable bonds is 5. The van der Waals surface area contributed by atoms with Gasteiger partial charge in [0.15, 0.2) is 0 Å². The number of hydrogen-bond acceptors (Lipinski definition) is 3. The van der Waals surface area contributed by atoms with Gasteiger partial charge in [-0.25, -0.2) is 0 Å². The van der Waals surface area contributed by atoms with Gasteiger partial charge in [0.25, 0.3) is 0 Å². The smallest absolute Gasteiger partial charge is 0.0795 e. The molecule has 8 aromatic rings. The molecule has 0 saturated carbocycles. The lowest BCUT2D eigenvalue weighted by Gasteiger charge is -2.26. The van der Waals surface area contributed by atoms with Gasteiger partial charge in [0.05, 0.1) is 5.52 Å². The molecule has 0 aliphatic carbocycles. The molecule has 8 rings (SSSR count). The quantitative estimate of drug-likeness (QED) is 0.210. The number of anilines is 3. The third kappa shape index (κ3) is 4.32. The molecule has 2 aromatic heterocycles. The van der Waals surface area contributed by atoms with Crippen LogP contribution >= 0.6 is 11.3 Å². The third-order valence-electron chi connectivity index (χ3n) is 7.87. The SMILES string of the molecule is c1ccc(-c2cccc(N(c3cccc(-c4ccccc4)c3)c3ccc4c(c3)sc3ccc5cccnc5c34)c2)cc1. The Balaban J connectivity index is 1.33. The Kier molecular flexibility index (Phi) is 6.02. The van der Waals surface area contributed by atoms with Gasteiger partial charge in [-0.05, 0) is 70.8 Å². The fourth-order valence-electron chi connectivity index (χ4n) is 5.89. The van der Waals surface area contributed by atoms with Gasteiger partial charge < -0.3 is 4.90 Å². The lowest BCUT2D eigenvalue weighted by Crippen LogP contribution is -2.10. The minimum atomic E-state index is 1.07. The van der Waals surface area contributed by atoms with Crippen molar-refractivity contribution >= 4 is 59.5 Å². The van der Waals surface area contributed by atoms with Gasteiger partial charge in [-0.15, -0.1) is 11.3 Å². The Labute approximate surface area is 248 Å². The molecule has 2 heterocycles. The molecule has 3 heteroatoms. The second-order valence-electron chi connectivity index (χ2n) is 10.5. The molecule has 42 heavy (non-hydrogen) atoms. The normalized spacial score (nSPS) is 11.3. The number of pyridine rings is 1. The van der Waals surface area contributed by atoms with Gasteiger partial charge in [-0.2, -0.15) is 0 Å². The summed E-state index contributed by atoms with van der Waals surface area (Å²) in [5, 5.41) is 3.66. The molecule has 0 N–H and O–H groups in total. The average Bonchev–Trinajstić information content (AvgIpc) is 3.45. The van der Waals surface area contributed by atoms with Crippen LogP contribution in [0, 0.1) is 0 Å². The van der Waals surface area contributed by atoms with E-state index in [9.17, 15) is 0 Å². The molecule has 2 nitrogen and oxygen atoms in total. The third-order valence-corrected chi connectivity index (χ3v) is 8.99. The molecule has 0 aliphatic rings. The Bertz CT molecular complexity index is 2120. The Morgan fingerprint density at radius 1 is 0.452 bits per heavy atom. The molecule has 6 aromatic carbocycles. The first kappa shape index (κ1) is 24.5. The van der Waals surface area contributed by atoms with Crippen LogP contribution < -0.4 is 4.90 Å². The zero-order valence-electron chi connectivity index (χ0n) is 22.8. The molecule has 0 fully saturated rings. The van der Waals surface area contributed by atoms with E-state index in [0.29, 0.717) is 0 Å². The second-order valence-corrected chi connectivity index (χ2v) is 11.5. The van der Waals surface area contributed by atoms with Crippen molar-refractivity contribution < 1.29 is 0 Å². The number of benzene rings is 6. The topological polar surface area (TPSA) is 16.1 Å². The first-order valence-corrected chi connectivity index (χ1v) is 14.9. The van der Waals surface area contributed by atoms with Crippen molar-refractivity contribution in [2.75, 3.05) is 4.90 Å². The summed E-state index contributed by atoms with van der Waals surface area (Å²) < 4.78 is 2.51. The minimum Gasteiger partial charge on any atom is -0.310 e. The van der Waals surface area contributed by atoms with Crippen molar-refractivity contribution in [3.05, 3.63) is 158 Å². The lowest BCUT2D eigenvalue weighted by atomic mass is 10.0. The summed E-state index contributed by atoms with van der Waals surface area (Å²) in [6.45, 7) is 0. The monoisotopic (exact) mass is 554 g/mol. The highest BCUT2D eigenvalue weighted by Crippen LogP contribution is 2.43. The van der Waals surface area contributed by atoms with E-state index in [2.05, 4.69) is 150 Å². The van der Waals surface area contributed by atoms with Crippen molar-refractivity contribution in [1.29, 1.82) is 0 Å². The molecule has 0 spiro atoms. The van der Waals surface area contributed by atoms with Gasteiger partial charge in [-0.3, -0.25) is 4.98 Å². The van der Waals surface area contributed by atoms with E-state index in [1.165, 1.54) is 47.8 Å². The highest BCUT2D eigenvalue weighted by Gasteiger charge is 2.17. The van der Waals surface area contributed by atoms with Crippen LogP contribution in [0.5, 0.6) is 0 Å². The number of nitrogens with zero attached hydrogens (tertiary/aromatic N) is 2. The Hall–Kier alpha value is -5.25. The molecular formula is C39H26N2S. The van der Waals surface area contributed by atoms with E-state index < -0.39 is 0 Å². The summed E-state index contributed by atoms with van der Waals surface area (Å²) in [5.74, 6) is 0. The zero-order valence-corrected chi connectivity index (χ0v) is 23.6. The molecule has 0 radical (unpaired) electrons. The highest BCUT2D eigenvalue weighted by molar-refractivity contribution is 7.26. The van der Waals surface area contributed by atoms with Crippen LogP contribution in [0.4, 0.5) is 17.1 Å². The van der Waals surface area contributed by atoms with E-state index in [1.807, 2.05) is 23.6 Å². The van der Waals surface area contributed by atoms with Crippen molar-refractivity contribution in [1.82, 2.24) is 4.98 Å². The van der Waals surface area contributed by atoms with Crippen molar-refractivity contribution in [3.8, 4) is 22.3 Å². The van der Waals surface area contributed by atoms with Crippen molar-refractivity contribution in [2.45, 2.75) is 0 Å². The maximum atomic E-state index is 4.76. The molecule has 0 unspecified atom stereocenters. The van der Waals surface area contributed by atoms with Crippen molar-refractivity contribution in [3.63, 3.8) is 0 Å². The van der Waals surface area contributed by atoms with E-state index in [-0.39, 0.29) is 0 Å². The van der Waals surface area contributed by atoms with Gasteiger partial charge in [0, 0.05) is 48.8 Å². The molecule has 0 atom stereocenters. The largest absolute Gasteiger partial charge is 0.310 e. The summed E-state index contributed by atoms with van der Waals surface area (Å²) in [6.07, 6.45) is 1.89. The summed E-state index contributed by atoms with van der Waals surface area (Å²) in [6, 6.07) is 54.2. The van der Waals surface area contributed by atoms with Crippen LogP contribution in [-0.2, 0) is 0 Å². The van der Waals surface area contributed by atoms with Gasteiger partial charge in [-0.1, -0.05) is 103 Å². The first-order chi connectivity index (χ1) is 20.8. The van der Waals surface area contributed by atoms with Gasteiger partial charge >= 0.3 is 0 Å².